The SMILES string of the molecule is CCC(C)NCc1cn[nH]c1-c1ccccc1. The first-order valence-corrected chi connectivity index (χ1v) is 6.12. The van der Waals surface area contributed by atoms with Gasteiger partial charge in [-0.25, -0.2) is 0 Å². The van der Waals surface area contributed by atoms with E-state index >= 15 is 0 Å². The summed E-state index contributed by atoms with van der Waals surface area (Å²) in [7, 11) is 0. The van der Waals surface area contributed by atoms with Crippen LogP contribution in [0.2, 0.25) is 0 Å². The van der Waals surface area contributed by atoms with E-state index in [1.54, 1.807) is 0 Å². The summed E-state index contributed by atoms with van der Waals surface area (Å²) in [4.78, 5) is 0. The highest BCUT2D eigenvalue weighted by atomic mass is 15.1. The fourth-order valence-electron chi connectivity index (χ4n) is 1.73. The second-order valence-corrected chi connectivity index (χ2v) is 4.33. The number of hydrogen-bond donors (Lipinski definition) is 2. The van der Waals surface area contributed by atoms with Crippen LogP contribution in [0.25, 0.3) is 11.3 Å². The van der Waals surface area contributed by atoms with Crippen molar-refractivity contribution in [2.45, 2.75) is 32.9 Å². The molecule has 3 nitrogen and oxygen atoms in total. The zero-order valence-electron chi connectivity index (χ0n) is 10.4. The van der Waals surface area contributed by atoms with Gasteiger partial charge < -0.3 is 5.32 Å². The number of benzene rings is 1. The molecule has 0 amide bonds. The standard InChI is InChI=1S/C14H19N3/c1-3-11(2)15-9-13-10-16-17-14(13)12-7-5-4-6-8-12/h4-8,10-11,15H,3,9H2,1-2H3,(H,16,17). The molecule has 0 spiro atoms. The van der Waals surface area contributed by atoms with Gasteiger partial charge in [-0.2, -0.15) is 5.10 Å². The molecular formula is C14H19N3. The molecule has 17 heavy (non-hydrogen) atoms. The summed E-state index contributed by atoms with van der Waals surface area (Å²) in [6, 6.07) is 10.8. The van der Waals surface area contributed by atoms with Crippen LogP contribution in [0.4, 0.5) is 0 Å². The van der Waals surface area contributed by atoms with E-state index in [4.69, 9.17) is 0 Å². The maximum atomic E-state index is 4.14. The van der Waals surface area contributed by atoms with Gasteiger partial charge in [0.1, 0.15) is 0 Å². The van der Waals surface area contributed by atoms with Crippen molar-refractivity contribution in [2.75, 3.05) is 0 Å². The van der Waals surface area contributed by atoms with Crippen molar-refractivity contribution in [1.29, 1.82) is 0 Å². The Balaban J connectivity index is 2.12. The van der Waals surface area contributed by atoms with Crippen molar-refractivity contribution in [3.8, 4) is 11.3 Å². The Bertz CT molecular complexity index is 448. The molecule has 2 rings (SSSR count). The van der Waals surface area contributed by atoms with E-state index in [9.17, 15) is 0 Å². The lowest BCUT2D eigenvalue weighted by atomic mass is 10.1. The van der Waals surface area contributed by atoms with Crippen LogP contribution in [0.5, 0.6) is 0 Å². The zero-order chi connectivity index (χ0) is 12.1. The van der Waals surface area contributed by atoms with Gasteiger partial charge in [0.25, 0.3) is 0 Å². The van der Waals surface area contributed by atoms with Gasteiger partial charge in [-0.15, -0.1) is 0 Å². The van der Waals surface area contributed by atoms with Crippen molar-refractivity contribution >= 4 is 0 Å². The van der Waals surface area contributed by atoms with Crippen LogP contribution in [0.15, 0.2) is 36.5 Å². The summed E-state index contributed by atoms with van der Waals surface area (Å²) in [5.74, 6) is 0. The second kappa shape index (κ2) is 5.64. The first-order chi connectivity index (χ1) is 8.31. The molecule has 0 saturated heterocycles. The first-order valence-electron chi connectivity index (χ1n) is 6.12. The van der Waals surface area contributed by atoms with Gasteiger partial charge >= 0.3 is 0 Å². The summed E-state index contributed by atoms with van der Waals surface area (Å²) in [6.45, 7) is 5.24. The van der Waals surface area contributed by atoms with E-state index < -0.39 is 0 Å². The second-order valence-electron chi connectivity index (χ2n) is 4.33. The summed E-state index contributed by atoms with van der Waals surface area (Å²) < 4.78 is 0. The number of nitrogens with zero attached hydrogens (tertiary/aromatic N) is 1. The molecule has 1 heterocycles. The average molecular weight is 229 g/mol. The fourth-order valence-corrected chi connectivity index (χ4v) is 1.73. The lowest BCUT2D eigenvalue weighted by Gasteiger charge is -2.11. The van der Waals surface area contributed by atoms with Crippen molar-refractivity contribution in [3.63, 3.8) is 0 Å². The summed E-state index contributed by atoms with van der Waals surface area (Å²) >= 11 is 0. The maximum Gasteiger partial charge on any atom is 0.0695 e. The summed E-state index contributed by atoms with van der Waals surface area (Å²) in [5.41, 5.74) is 3.52. The smallest absolute Gasteiger partial charge is 0.0695 e. The molecule has 1 atom stereocenters. The minimum Gasteiger partial charge on any atom is -0.310 e. The molecule has 2 aromatic rings. The van der Waals surface area contributed by atoms with E-state index in [-0.39, 0.29) is 0 Å². The fraction of sp³-hybridized carbons (Fsp3) is 0.357. The van der Waals surface area contributed by atoms with Crippen LogP contribution >= 0.6 is 0 Å². The Morgan fingerprint density at radius 1 is 1.29 bits per heavy atom. The quantitative estimate of drug-likeness (QED) is 0.827. The number of hydrogen-bond acceptors (Lipinski definition) is 2. The Kier molecular flexibility index (Phi) is 3.94. The van der Waals surface area contributed by atoms with Gasteiger partial charge in [0.05, 0.1) is 11.9 Å². The van der Waals surface area contributed by atoms with Crippen molar-refractivity contribution in [2.24, 2.45) is 0 Å². The Morgan fingerprint density at radius 2 is 2.06 bits per heavy atom. The van der Waals surface area contributed by atoms with Crippen LogP contribution < -0.4 is 5.32 Å². The van der Waals surface area contributed by atoms with E-state index in [1.807, 2.05) is 24.4 Å². The van der Waals surface area contributed by atoms with E-state index in [1.165, 1.54) is 11.1 Å². The van der Waals surface area contributed by atoms with Crippen molar-refractivity contribution < 1.29 is 0 Å². The topological polar surface area (TPSA) is 40.7 Å². The normalized spacial score (nSPS) is 12.6. The maximum absolute atomic E-state index is 4.14. The van der Waals surface area contributed by atoms with Crippen LogP contribution in [0.1, 0.15) is 25.8 Å². The van der Waals surface area contributed by atoms with E-state index in [2.05, 4.69) is 41.5 Å². The predicted molar refractivity (Wildman–Crippen MR) is 70.6 cm³/mol. The minimum absolute atomic E-state index is 0.536. The third-order valence-corrected chi connectivity index (χ3v) is 3.03. The Morgan fingerprint density at radius 3 is 2.76 bits per heavy atom. The number of rotatable bonds is 5. The molecule has 1 unspecified atom stereocenters. The van der Waals surface area contributed by atoms with Gasteiger partial charge in [0.2, 0.25) is 0 Å². The first kappa shape index (κ1) is 11.9. The highest BCUT2D eigenvalue weighted by molar-refractivity contribution is 5.62. The molecule has 0 aliphatic heterocycles. The number of nitrogens with one attached hydrogen (secondary N) is 2. The van der Waals surface area contributed by atoms with Gasteiger partial charge in [-0.1, -0.05) is 37.3 Å². The molecular weight excluding hydrogens is 210 g/mol. The Labute approximate surface area is 102 Å². The lowest BCUT2D eigenvalue weighted by molar-refractivity contribution is 0.534. The lowest BCUT2D eigenvalue weighted by Crippen LogP contribution is -2.24. The third kappa shape index (κ3) is 2.94. The minimum atomic E-state index is 0.536. The van der Waals surface area contributed by atoms with E-state index in [0.717, 1.165) is 18.7 Å². The number of aromatic nitrogens is 2. The van der Waals surface area contributed by atoms with Crippen LogP contribution in [0, 0.1) is 0 Å². The van der Waals surface area contributed by atoms with E-state index in [0.29, 0.717) is 6.04 Å². The molecule has 0 radical (unpaired) electrons. The zero-order valence-corrected chi connectivity index (χ0v) is 10.4. The molecule has 1 aromatic heterocycles. The summed E-state index contributed by atoms with van der Waals surface area (Å²) in [6.07, 6.45) is 3.04. The molecule has 3 heteroatoms. The van der Waals surface area contributed by atoms with Gasteiger partial charge in [-0.3, -0.25) is 5.10 Å². The van der Waals surface area contributed by atoms with Crippen molar-refractivity contribution in [3.05, 3.63) is 42.1 Å². The highest BCUT2D eigenvalue weighted by Gasteiger charge is 2.07. The molecule has 1 aromatic carbocycles. The molecule has 0 aliphatic rings. The van der Waals surface area contributed by atoms with Crippen LogP contribution in [0.3, 0.4) is 0 Å². The average Bonchev–Trinajstić information content (AvgIpc) is 2.85. The largest absolute Gasteiger partial charge is 0.310 e. The van der Waals surface area contributed by atoms with Gasteiger partial charge in [0.15, 0.2) is 0 Å². The monoisotopic (exact) mass is 229 g/mol. The molecule has 0 aliphatic carbocycles. The molecule has 2 N–H and O–H groups in total. The van der Waals surface area contributed by atoms with Crippen LogP contribution in [-0.4, -0.2) is 16.2 Å². The molecule has 0 bridgehead atoms. The molecule has 0 saturated carbocycles. The number of aromatic amines is 1. The predicted octanol–water partition coefficient (Wildman–Crippen LogP) is 2.96. The molecule has 0 fully saturated rings. The van der Waals surface area contributed by atoms with Gasteiger partial charge in [0, 0.05) is 18.2 Å². The van der Waals surface area contributed by atoms with Crippen LogP contribution in [-0.2, 0) is 6.54 Å². The third-order valence-electron chi connectivity index (χ3n) is 3.03. The summed E-state index contributed by atoms with van der Waals surface area (Å²) in [5, 5.41) is 10.7. The van der Waals surface area contributed by atoms with Gasteiger partial charge in [-0.05, 0) is 18.9 Å². The molecule has 90 valence electrons. The Hall–Kier alpha value is -1.61. The van der Waals surface area contributed by atoms with Crippen molar-refractivity contribution in [1.82, 2.24) is 15.5 Å². The highest BCUT2D eigenvalue weighted by Crippen LogP contribution is 2.20. The number of H-pyrrole nitrogens is 1.